The SMILES string of the molecule is CCCC(=O)ON1C(=O)C=CC1O. The Morgan fingerprint density at radius 2 is 2.46 bits per heavy atom. The second-order valence-corrected chi connectivity index (χ2v) is 2.65. The average molecular weight is 185 g/mol. The number of nitrogens with zero attached hydrogens (tertiary/aromatic N) is 1. The molecule has 72 valence electrons. The first kappa shape index (κ1) is 9.73. The van der Waals surface area contributed by atoms with Crippen LogP contribution >= 0.6 is 0 Å². The predicted octanol–water partition coefficient (Wildman–Crippen LogP) is -0.0385. The molecule has 5 nitrogen and oxygen atoms in total. The largest absolute Gasteiger partial charge is 0.367 e. The molecular weight excluding hydrogens is 174 g/mol. The van der Waals surface area contributed by atoms with E-state index in [4.69, 9.17) is 5.11 Å². The minimum Gasteiger partial charge on any atom is -0.367 e. The summed E-state index contributed by atoms with van der Waals surface area (Å²) < 4.78 is 0. The fraction of sp³-hybridized carbons (Fsp3) is 0.500. The van der Waals surface area contributed by atoms with E-state index < -0.39 is 18.1 Å². The van der Waals surface area contributed by atoms with Crippen LogP contribution in [0.1, 0.15) is 19.8 Å². The van der Waals surface area contributed by atoms with E-state index >= 15 is 0 Å². The van der Waals surface area contributed by atoms with Gasteiger partial charge in [0.2, 0.25) is 0 Å². The van der Waals surface area contributed by atoms with Crippen molar-refractivity contribution in [3.05, 3.63) is 12.2 Å². The van der Waals surface area contributed by atoms with Crippen molar-refractivity contribution in [1.29, 1.82) is 0 Å². The molecular formula is C8H11NO4. The predicted molar refractivity (Wildman–Crippen MR) is 43.0 cm³/mol. The summed E-state index contributed by atoms with van der Waals surface area (Å²) in [5, 5.41) is 9.77. The van der Waals surface area contributed by atoms with Crippen molar-refractivity contribution in [3.63, 3.8) is 0 Å². The Kier molecular flexibility index (Phi) is 3.02. The Morgan fingerprint density at radius 3 is 2.92 bits per heavy atom. The van der Waals surface area contributed by atoms with Crippen molar-refractivity contribution >= 4 is 11.9 Å². The maximum absolute atomic E-state index is 10.9. The molecule has 1 aliphatic rings. The summed E-state index contributed by atoms with van der Waals surface area (Å²) in [6.45, 7) is 1.82. The lowest BCUT2D eigenvalue weighted by Gasteiger charge is -2.18. The number of aliphatic hydroxyl groups excluding tert-OH is 1. The van der Waals surface area contributed by atoms with Crippen LogP contribution in [0.15, 0.2) is 12.2 Å². The topological polar surface area (TPSA) is 66.8 Å². The van der Waals surface area contributed by atoms with Crippen LogP contribution in [0.3, 0.4) is 0 Å². The second-order valence-electron chi connectivity index (χ2n) is 2.65. The summed E-state index contributed by atoms with van der Waals surface area (Å²) in [4.78, 5) is 26.5. The molecule has 13 heavy (non-hydrogen) atoms. The molecule has 0 aromatic carbocycles. The van der Waals surface area contributed by atoms with E-state index in [9.17, 15) is 9.59 Å². The molecule has 1 atom stereocenters. The quantitative estimate of drug-likeness (QED) is 0.670. The van der Waals surface area contributed by atoms with Gasteiger partial charge in [0.05, 0.1) is 0 Å². The third-order valence-electron chi connectivity index (χ3n) is 1.52. The molecule has 0 aromatic heterocycles. The third kappa shape index (κ3) is 2.29. The maximum Gasteiger partial charge on any atom is 0.332 e. The molecule has 0 spiro atoms. The van der Waals surface area contributed by atoms with Crippen LogP contribution in [0.2, 0.25) is 0 Å². The molecule has 1 unspecified atom stereocenters. The number of hydroxylamine groups is 2. The number of carbonyl (C=O) groups excluding carboxylic acids is 2. The van der Waals surface area contributed by atoms with Crippen molar-refractivity contribution in [1.82, 2.24) is 5.06 Å². The van der Waals surface area contributed by atoms with Gasteiger partial charge in [-0.05, 0) is 12.5 Å². The lowest BCUT2D eigenvalue weighted by atomic mass is 10.3. The lowest BCUT2D eigenvalue weighted by Crippen LogP contribution is -2.35. The summed E-state index contributed by atoms with van der Waals surface area (Å²) in [6.07, 6.45) is 2.14. The molecule has 0 bridgehead atoms. The molecule has 0 saturated heterocycles. The van der Waals surface area contributed by atoms with Gasteiger partial charge < -0.3 is 9.94 Å². The van der Waals surface area contributed by atoms with Crippen molar-refractivity contribution in [2.75, 3.05) is 0 Å². The van der Waals surface area contributed by atoms with Crippen LogP contribution in [0.5, 0.6) is 0 Å². The zero-order valence-electron chi connectivity index (χ0n) is 7.27. The van der Waals surface area contributed by atoms with Crippen molar-refractivity contribution < 1.29 is 19.5 Å². The first-order chi connectivity index (χ1) is 6.15. The molecule has 0 saturated carbocycles. The number of hydrogen-bond donors (Lipinski definition) is 1. The van der Waals surface area contributed by atoms with Gasteiger partial charge in [0, 0.05) is 12.5 Å². The van der Waals surface area contributed by atoms with Crippen LogP contribution in [0.4, 0.5) is 0 Å². The first-order valence-electron chi connectivity index (χ1n) is 4.05. The third-order valence-corrected chi connectivity index (χ3v) is 1.52. The second kappa shape index (κ2) is 4.04. The van der Waals surface area contributed by atoms with Gasteiger partial charge >= 0.3 is 5.97 Å². The van der Waals surface area contributed by atoms with Gasteiger partial charge in [-0.15, -0.1) is 5.06 Å². The number of rotatable bonds is 3. The monoisotopic (exact) mass is 185 g/mol. The summed E-state index contributed by atoms with van der Waals surface area (Å²) in [5.41, 5.74) is 0. The summed E-state index contributed by atoms with van der Waals surface area (Å²) in [5.74, 6) is -1.03. The fourth-order valence-electron chi connectivity index (χ4n) is 0.909. The summed E-state index contributed by atoms with van der Waals surface area (Å²) in [7, 11) is 0. The smallest absolute Gasteiger partial charge is 0.332 e. The summed E-state index contributed by atoms with van der Waals surface area (Å²) >= 11 is 0. The van der Waals surface area contributed by atoms with E-state index in [2.05, 4.69) is 4.84 Å². The highest BCUT2D eigenvalue weighted by Crippen LogP contribution is 2.09. The van der Waals surface area contributed by atoms with Crippen LogP contribution in [-0.2, 0) is 14.4 Å². The molecule has 0 aromatic rings. The van der Waals surface area contributed by atoms with E-state index in [1.165, 1.54) is 6.08 Å². The lowest BCUT2D eigenvalue weighted by molar-refractivity contribution is -0.216. The Hall–Kier alpha value is -1.36. The molecule has 5 heteroatoms. The Labute approximate surface area is 75.5 Å². The fourth-order valence-corrected chi connectivity index (χ4v) is 0.909. The van der Waals surface area contributed by atoms with E-state index in [-0.39, 0.29) is 6.42 Å². The molecule has 1 rings (SSSR count). The van der Waals surface area contributed by atoms with Crippen LogP contribution in [0.25, 0.3) is 0 Å². The van der Waals surface area contributed by atoms with E-state index in [1.807, 2.05) is 6.92 Å². The van der Waals surface area contributed by atoms with Crippen LogP contribution in [-0.4, -0.2) is 28.3 Å². The van der Waals surface area contributed by atoms with Crippen molar-refractivity contribution in [2.24, 2.45) is 0 Å². The molecule has 0 fully saturated rings. The number of hydrogen-bond acceptors (Lipinski definition) is 4. The highest BCUT2D eigenvalue weighted by atomic mass is 16.7. The Balaban J connectivity index is 2.45. The van der Waals surface area contributed by atoms with Crippen LogP contribution in [0, 0.1) is 0 Å². The zero-order valence-corrected chi connectivity index (χ0v) is 7.27. The number of carbonyl (C=O) groups is 2. The van der Waals surface area contributed by atoms with Crippen LogP contribution < -0.4 is 0 Å². The Bertz CT molecular complexity index is 249. The Morgan fingerprint density at radius 1 is 1.77 bits per heavy atom. The molecule has 0 radical (unpaired) electrons. The molecule has 1 N–H and O–H groups in total. The summed E-state index contributed by atoms with van der Waals surface area (Å²) in [6, 6.07) is 0. The van der Waals surface area contributed by atoms with Gasteiger partial charge in [0.15, 0.2) is 6.23 Å². The molecule has 1 heterocycles. The molecule has 1 aliphatic heterocycles. The zero-order chi connectivity index (χ0) is 9.84. The highest BCUT2D eigenvalue weighted by molar-refractivity contribution is 5.90. The standard InChI is InChI=1S/C8H11NO4/c1-2-3-8(12)13-9-6(10)4-5-7(9)11/h4-6,10H,2-3H2,1H3. The van der Waals surface area contributed by atoms with Gasteiger partial charge in [0.1, 0.15) is 0 Å². The van der Waals surface area contributed by atoms with Gasteiger partial charge in [0.25, 0.3) is 5.91 Å². The molecule has 0 aliphatic carbocycles. The minimum absolute atomic E-state index is 0.233. The highest BCUT2D eigenvalue weighted by Gasteiger charge is 2.27. The van der Waals surface area contributed by atoms with Gasteiger partial charge in [-0.25, -0.2) is 4.79 Å². The normalized spacial score (nSPS) is 20.9. The van der Waals surface area contributed by atoms with Gasteiger partial charge in [-0.3, -0.25) is 4.79 Å². The number of aliphatic hydroxyl groups is 1. The van der Waals surface area contributed by atoms with Gasteiger partial charge in [-0.2, -0.15) is 0 Å². The van der Waals surface area contributed by atoms with E-state index in [0.717, 1.165) is 6.08 Å². The number of amides is 1. The van der Waals surface area contributed by atoms with Crippen molar-refractivity contribution in [2.45, 2.75) is 26.0 Å². The van der Waals surface area contributed by atoms with E-state index in [0.29, 0.717) is 11.5 Å². The maximum atomic E-state index is 10.9. The van der Waals surface area contributed by atoms with E-state index in [1.54, 1.807) is 0 Å². The average Bonchev–Trinajstić information content (AvgIpc) is 2.36. The first-order valence-corrected chi connectivity index (χ1v) is 4.05. The van der Waals surface area contributed by atoms with Crippen molar-refractivity contribution in [3.8, 4) is 0 Å². The minimum atomic E-state index is -1.15. The van der Waals surface area contributed by atoms with Gasteiger partial charge in [-0.1, -0.05) is 6.92 Å². The molecule has 1 amide bonds.